The highest BCUT2D eigenvalue weighted by Crippen LogP contribution is 2.25. The first kappa shape index (κ1) is 17.8. The Labute approximate surface area is 157 Å². The van der Waals surface area contributed by atoms with E-state index in [1.807, 2.05) is 31.3 Å². The molecular weight excluding hydrogens is 369 g/mol. The van der Waals surface area contributed by atoms with Gasteiger partial charge in [-0.15, -0.1) is 0 Å². The molecule has 28 heavy (non-hydrogen) atoms. The number of hydrogen-bond acceptors (Lipinski definition) is 3. The van der Waals surface area contributed by atoms with Crippen molar-refractivity contribution < 1.29 is 13.2 Å². The number of aryl methyl sites for hydroxylation is 1. The molecule has 0 radical (unpaired) electrons. The fourth-order valence-electron chi connectivity index (χ4n) is 2.99. The van der Waals surface area contributed by atoms with E-state index in [2.05, 4.69) is 15.3 Å². The first-order valence-corrected chi connectivity index (χ1v) is 8.46. The molecule has 0 aliphatic rings. The van der Waals surface area contributed by atoms with E-state index in [9.17, 15) is 18.0 Å². The van der Waals surface area contributed by atoms with Crippen LogP contribution in [0.15, 0.2) is 53.6 Å². The van der Waals surface area contributed by atoms with Crippen molar-refractivity contribution in [3.05, 3.63) is 87.7 Å². The minimum absolute atomic E-state index is 0.00478. The zero-order valence-corrected chi connectivity index (χ0v) is 14.8. The van der Waals surface area contributed by atoms with Gasteiger partial charge in [0.1, 0.15) is 0 Å². The Balaban J connectivity index is 1.74. The topological polar surface area (TPSA) is 62.7 Å². The van der Waals surface area contributed by atoms with Gasteiger partial charge in [0.25, 0.3) is 0 Å². The Morgan fingerprint density at radius 1 is 1.07 bits per heavy atom. The molecule has 0 saturated carbocycles. The van der Waals surface area contributed by atoms with Gasteiger partial charge in [0, 0.05) is 29.0 Å². The third-order valence-corrected chi connectivity index (χ3v) is 4.43. The van der Waals surface area contributed by atoms with Gasteiger partial charge in [-0.2, -0.15) is 9.37 Å². The molecule has 0 fully saturated rings. The van der Waals surface area contributed by atoms with Crippen LogP contribution in [-0.2, 0) is 6.54 Å². The molecule has 0 spiro atoms. The average molecular weight is 384 g/mol. The molecule has 2 aromatic heterocycles. The number of aromatic nitrogens is 3. The molecule has 5 nitrogen and oxygen atoms in total. The molecule has 2 N–H and O–H groups in total. The number of rotatable bonds is 4. The van der Waals surface area contributed by atoms with E-state index >= 15 is 0 Å². The first-order chi connectivity index (χ1) is 13.4. The highest BCUT2D eigenvalue weighted by atomic mass is 19.2. The molecule has 0 unspecified atom stereocenters. The van der Waals surface area contributed by atoms with Crippen molar-refractivity contribution in [1.29, 1.82) is 0 Å². The van der Waals surface area contributed by atoms with Crippen molar-refractivity contribution in [3.63, 3.8) is 0 Å². The van der Waals surface area contributed by atoms with Gasteiger partial charge >= 0.3 is 5.56 Å². The molecule has 0 aliphatic carbocycles. The summed E-state index contributed by atoms with van der Waals surface area (Å²) in [6, 6.07) is 9.10. The summed E-state index contributed by atoms with van der Waals surface area (Å²) in [6.45, 7) is 1.87. The summed E-state index contributed by atoms with van der Waals surface area (Å²) in [5, 5.41) is 3.99. The monoisotopic (exact) mass is 384 g/mol. The van der Waals surface area contributed by atoms with Crippen LogP contribution in [0.1, 0.15) is 11.1 Å². The van der Waals surface area contributed by atoms with E-state index in [1.54, 1.807) is 0 Å². The zero-order chi connectivity index (χ0) is 19.8. The van der Waals surface area contributed by atoms with Crippen LogP contribution in [0.2, 0.25) is 0 Å². The normalized spacial score (nSPS) is 11.1. The number of halogens is 3. The number of hydrogen-bond donors (Lipinski definition) is 2. The maximum absolute atomic E-state index is 13.8. The summed E-state index contributed by atoms with van der Waals surface area (Å²) in [7, 11) is 0. The predicted octanol–water partition coefficient (Wildman–Crippen LogP) is 4.24. The molecule has 2 heterocycles. The lowest BCUT2D eigenvalue weighted by molar-refractivity contribution is 0.506. The summed E-state index contributed by atoms with van der Waals surface area (Å²) in [5.41, 5.74) is 1.90. The fourth-order valence-corrected chi connectivity index (χ4v) is 2.99. The van der Waals surface area contributed by atoms with Crippen molar-refractivity contribution in [2.45, 2.75) is 13.5 Å². The molecule has 0 saturated heterocycles. The van der Waals surface area contributed by atoms with E-state index in [4.69, 9.17) is 0 Å². The molecular formula is C20H15F3N4O. The van der Waals surface area contributed by atoms with Crippen LogP contribution in [0.25, 0.3) is 10.9 Å². The maximum Gasteiger partial charge on any atom is 0.310 e. The molecule has 0 amide bonds. The Bertz CT molecular complexity index is 1250. The third kappa shape index (κ3) is 3.36. The van der Waals surface area contributed by atoms with Gasteiger partial charge in [-0.1, -0.05) is 6.07 Å². The van der Waals surface area contributed by atoms with Gasteiger partial charge in [-0.05, 0) is 48.4 Å². The standard InChI is InChI=1S/C20H15F3N4O/c1-11-6-18-13(4-5-24-18)8-17(11)25-20-26-19(28)16(23)10-27(20)9-12-2-3-14(21)15(22)7-12/h2-8,10,24H,9H2,1H3,(H,25,26,28). The van der Waals surface area contributed by atoms with Crippen LogP contribution in [0.5, 0.6) is 0 Å². The SMILES string of the molecule is Cc1cc2[nH]ccc2cc1Nc1nc(=O)c(F)cn1Cc1ccc(F)c(F)c1. The van der Waals surface area contributed by atoms with Crippen LogP contribution in [0.4, 0.5) is 24.8 Å². The van der Waals surface area contributed by atoms with Crippen molar-refractivity contribution in [1.82, 2.24) is 14.5 Å². The predicted molar refractivity (Wildman–Crippen MR) is 100 cm³/mol. The summed E-state index contributed by atoms with van der Waals surface area (Å²) in [5.74, 6) is -2.92. The molecule has 4 aromatic rings. The molecule has 0 atom stereocenters. The van der Waals surface area contributed by atoms with Crippen LogP contribution < -0.4 is 10.9 Å². The Hall–Kier alpha value is -3.55. The van der Waals surface area contributed by atoms with Crippen LogP contribution >= 0.6 is 0 Å². The molecule has 0 aliphatic heterocycles. The number of anilines is 2. The summed E-state index contributed by atoms with van der Waals surface area (Å²) in [4.78, 5) is 18.6. The number of H-pyrrole nitrogens is 1. The van der Waals surface area contributed by atoms with Crippen LogP contribution in [-0.4, -0.2) is 14.5 Å². The van der Waals surface area contributed by atoms with Gasteiger partial charge in [-0.3, -0.25) is 4.79 Å². The molecule has 0 bridgehead atoms. The van der Waals surface area contributed by atoms with E-state index in [0.29, 0.717) is 11.3 Å². The van der Waals surface area contributed by atoms with E-state index < -0.39 is 23.0 Å². The summed E-state index contributed by atoms with van der Waals surface area (Å²) >= 11 is 0. The number of nitrogens with zero attached hydrogens (tertiary/aromatic N) is 2. The van der Waals surface area contributed by atoms with E-state index in [1.165, 1.54) is 10.6 Å². The first-order valence-electron chi connectivity index (χ1n) is 8.46. The highest BCUT2D eigenvalue weighted by molar-refractivity contribution is 5.85. The van der Waals surface area contributed by atoms with Crippen LogP contribution in [0.3, 0.4) is 0 Å². The van der Waals surface area contributed by atoms with E-state index in [-0.39, 0.29) is 12.5 Å². The summed E-state index contributed by atoms with van der Waals surface area (Å²) < 4.78 is 41.8. The lowest BCUT2D eigenvalue weighted by Gasteiger charge is -2.16. The second-order valence-electron chi connectivity index (χ2n) is 6.45. The number of nitrogens with one attached hydrogen (secondary N) is 2. The van der Waals surface area contributed by atoms with Gasteiger partial charge in [0.05, 0.1) is 6.54 Å². The molecule has 4 rings (SSSR count). The highest BCUT2D eigenvalue weighted by Gasteiger charge is 2.12. The largest absolute Gasteiger partial charge is 0.361 e. The third-order valence-electron chi connectivity index (χ3n) is 4.43. The van der Waals surface area contributed by atoms with Gasteiger partial charge in [0.15, 0.2) is 11.6 Å². The number of fused-ring (bicyclic) bond motifs is 1. The number of benzene rings is 2. The van der Waals surface area contributed by atoms with Gasteiger partial charge in [0.2, 0.25) is 11.8 Å². The quantitative estimate of drug-likeness (QED) is 0.553. The van der Waals surface area contributed by atoms with Crippen LogP contribution in [0, 0.1) is 24.4 Å². The summed E-state index contributed by atoms with van der Waals surface area (Å²) in [6.07, 6.45) is 2.80. The maximum atomic E-state index is 13.8. The van der Waals surface area contributed by atoms with Crippen molar-refractivity contribution in [3.8, 4) is 0 Å². The van der Waals surface area contributed by atoms with Crippen molar-refractivity contribution in [2.24, 2.45) is 0 Å². The minimum atomic E-state index is -1.04. The minimum Gasteiger partial charge on any atom is -0.361 e. The molecule has 142 valence electrons. The number of aromatic amines is 1. The molecule has 2 aromatic carbocycles. The van der Waals surface area contributed by atoms with Gasteiger partial charge < -0.3 is 14.9 Å². The average Bonchev–Trinajstić information content (AvgIpc) is 3.09. The lowest BCUT2D eigenvalue weighted by Crippen LogP contribution is -2.20. The van der Waals surface area contributed by atoms with Crippen molar-refractivity contribution in [2.75, 3.05) is 5.32 Å². The second kappa shape index (κ2) is 6.88. The zero-order valence-electron chi connectivity index (χ0n) is 14.8. The Kier molecular flexibility index (Phi) is 4.38. The second-order valence-corrected chi connectivity index (χ2v) is 6.45. The van der Waals surface area contributed by atoms with Crippen molar-refractivity contribution >= 4 is 22.5 Å². The van der Waals surface area contributed by atoms with Gasteiger partial charge in [-0.25, -0.2) is 8.78 Å². The Morgan fingerprint density at radius 3 is 2.68 bits per heavy atom. The van der Waals surface area contributed by atoms with E-state index in [0.717, 1.165) is 34.8 Å². The fraction of sp³-hybridized carbons (Fsp3) is 0.100. The smallest absolute Gasteiger partial charge is 0.310 e. The molecule has 8 heteroatoms. The Morgan fingerprint density at radius 2 is 1.89 bits per heavy atom. The lowest BCUT2D eigenvalue weighted by atomic mass is 10.1.